The first-order valence-electron chi connectivity index (χ1n) is 7.15. The summed E-state index contributed by atoms with van der Waals surface area (Å²) in [6.07, 6.45) is 0.389. The van der Waals surface area contributed by atoms with Crippen molar-refractivity contribution in [2.45, 2.75) is 19.9 Å². The van der Waals surface area contributed by atoms with E-state index < -0.39 is 0 Å². The molecule has 4 heteroatoms. The lowest BCUT2D eigenvalue weighted by Crippen LogP contribution is -2.24. The van der Waals surface area contributed by atoms with Gasteiger partial charge in [-0.1, -0.05) is 35.9 Å². The van der Waals surface area contributed by atoms with E-state index in [1.54, 1.807) is 11.3 Å². The van der Waals surface area contributed by atoms with Crippen LogP contribution in [0.3, 0.4) is 0 Å². The molecule has 0 spiro atoms. The highest BCUT2D eigenvalue weighted by atomic mass is 32.1. The van der Waals surface area contributed by atoms with Gasteiger partial charge in [-0.25, -0.2) is 0 Å². The molecule has 0 aliphatic carbocycles. The molecule has 3 aromatic rings. The molecular weight excluding hydrogens is 294 g/mol. The molecule has 0 aliphatic rings. The predicted octanol–water partition coefficient (Wildman–Crippen LogP) is 4.18. The second-order valence-electron chi connectivity index (χ2n) is 5.19. The zero-order valence-electron chi connectivity index (χ0n) is 12.3. The lowest BCUT2D eigenvalue weighted by molar-refractivity contribution is -0.120. The molecule has 2 heterocycles. The van der Waals surface area contributed by atoms with E-state index in [1.165, 1.54) is 0 Å². The van der Waals surface area contributed by atoms with Gasteiger partial charge in [-0.3, -0.25) is 4.79 Å². The summed E-state index contributed by atoms with van der Waals surface area (Å²) in [7, 11) is 0. The number of hydrogen-bond acceptors (Lipinski definition) is 3. The van der Waals surface area contributed by atoms with E-state index in [0.29, 0.717) is 13.0 Å². The van der Waals surface area contributed by atoms with E-state index in [1.807, 2.05) is 60.8 Å². The molecule has 0 unspecified atom stereocenters. The Morgan fingerprint density at radius 3 is 2.86 bits per heavy atom. The van der Waals surface area contributed by atoms with Crippen molar-refractivity contribution in [1.29, 1.82) is 0 Å². The predicted molar refractivity (Wildman–Crippen MR) is 88.8 cm³/mol. The summed E-state index contributed by atoms with van der Waals surface area (Å²) in [6, 6.07) is 15.8. The quantitative estimate of drug-likeness (QED) is 0.768. The maximum Gasteiger partial charge on any atom is 0.224 e. The maximum atomic E-state index is 12.0. The Morgan fingerprint density at radius 2 is 2.09 bits per heavy atom. The molecule has 1 amide bonds. The number of thiophene rings is 1. The van der Waals surface area contributed by atoms with Crippen molar-refractivity contribution in [1.82, 2.24) is 5.32 Å². The zero-order valence-corrected chi connectivity index (χ0v) is 13.2. The van der Waals surface area contributed by atoms with Crippen LogP contribution in [0.15, 0.2) is 58.3 Å². The molecule has 3 rings (SSSR count). The largest absolute Gasteiger partial charge is 0.458 e. The van der Waals surface area contributed by atoms with Gasteiger partial charge in [0.2, 0.25) is 5.91 Å². The van der Waals surface area contributed by atoms with Gasteiger partial charge in [0.25, 0.3) is 0 Å². The summed E-state index contributed by atoms with van der Waals surface area (Å²) >= 11 is 1.64. The van der Waals surface area contributed by atoms with Gasteiger partial charge in [-0.2, -0.15) is 0 Å². The molecule has 0 aliphatic heterocycles. The Morgan fingerprint density at radius 1 is 1.18 bits per heavy atom. The van der Waals surface area contributed by atoms with Gasteiger partial charge in [-0.05, 0) is 36.1 Å². The summed E-state index contributed by atoms with van der Waals surface area (Å²) in [5.74, 6) is 1.61. The minimum atomic E-state index is -0.000302. The van der Waals surface area contributed by atoms with Crippen LogP contribution in [-0.4, -0.2) is 5.91 Å². The van der Waals surface area contributed by atoms with Crippen LogP contribution >= 0.6 is 11.3 Å². The van der Waals surface area contributed by atoms with E-state index in [2.05, 4.69) is 5.32 Å². The normalized spacial score (nSPS) is 10.6. The van der Waals surface area contributed by atoms with Crippen LogP contribution in [0.25, 0.3) is 10.6 Å². The van der Waals surface area contributed by atoms with E-state index in [4.69, 9.17) is 4.42 Å². The average Bonchev–Trinajstić information content (AvgIpc) is 3.16. The number of furan rings is 1. The molecular formula is C18H17NO2S. The van der Waals surface area contributed by atoms with Crippen LogP contribution in [0.5, 0.6) is 0 Å². The standard InChI is InChI=1S/C18H17NO2S/c1-13-4-2-5-14(10-13)11-18(20)19-12-15-7-8-16(21-15)17-6-3-9-22-17/h2-10H,11-12H2,1H3,(H,19,20). The molecule has 0 atom stereocenters. The first-order valence-corrected chi connectivity index (χ1v) is 8.03. The molecule has 22 heavy (non-hydrogen) atoms. The van der Waals surface area contributed by atoms with Crippen molar-refractivity contribution in [2.24, 2.45) is 0 Å². The highest BCUT2D eigenvalue weighted by molar-refractivity contribution is 7.13. The fourth-order valence-electron chi connectivity index (χ4n) is 2.28. The van der Waals surface area contributed by atoms with Crippen molar-refractivity contribution >= 4 is 17.2 Å². The summed E-state index contributed by atoms with van der Waals surface area (Å²) in [5.41, 5.74) is 2.19. The molecule has 0 radical (unpaired) electrons. The van der Waals surface area contributed by atoms with Crippen molar-refractivity contribution < 1.29 is 9.21 Å². The number of benzene rings is 1. The van der Waals surface area contributed by atoms with Crippen LogP contribution in [0.1, 0.15) is 16.9 Å². The summed E-state index contributed by atoms with van der Waals surface area (Å²) in [5, 5.41) is 4.91. The number of carbonyl (C=O) groups is 1. The second kappa shape index (κ2) is 6.62. The minimum Gasteiger partial charge on any atom is -0.458 e. The van der Waals surface area contributed by atoms with Gasteiger partial charge >= 0.3 is 0 Å². The third-order valence-electron chi connectivity index (χ3n) is 3.33. The van der Waals surface area contributed by atoms with Crippen LogP contribution in [0.2, 0.25) is 0 Å². The van der Waals surface area contributed by atoms with Gasteiger partial charge in [0.05, 0.1) is 17.8 Å². The number of aryl methyl sites for hydroxylation is 1. The van der Waals surface area contributed by atoms with E-state index in [0.717, 1.165) is 27.5 Å². The number of carbonyl (C=O) groups excluding carboxylic acids is 1. The first-order chi connectivity index (χ1) is 10.7. The molecule has 0 saturated heterocycles. The molecule has 0 bridgehead atoms. The summed E-state index contributed by atoms with van der Waals surface area (Å²) in [6.45, 7) is 2.44. The third-order valence-corrected chi connectivity index (χ3v) is 4.22. The van der Waals surface area contributed by atoms with Gasteiger partial charge in [-0.15, -0.1) is 11.3 Å². The zero-order chi connectivity index (χ0) is 15.4. The molecule has 1 aromatic carbocycles. The van der Waals surface area contributed by atoms with Crippen LogP contribution < -0.4 is 5.32 Å². The minimum absolute atomic E-state index is 0.000302. The highest BCUT2D eigenvalue weighted by Gasteiger charge is 2.08. The SMILES string of the molecule is Cc1cccc(CC(=O)NCc2ccc(-c3cccs3)o2)c1. The molecule has 112 valence electrons. The smallest absolute Gasteiger partial charge is 0.224 e. The molecule has 3 nitrogen and oxygen atoms in total. The van der Waals surface area contributed by atoms with Crippen LogP contribution in [0.4, 0.5) is 0 Å². The van der Waals surface area contributed by atoms with Crippen molar-refractivity contribution in [2.75, 3.05) is 0 Å². The topological polar surface area (TPSA) is 42.2 Å². The fraction of sp³-hybridized carbons (Fsp3) is 0.167. The number of hydrogen-bond donors (Lipinski definition) is 1. The van der Waals surface area contributed by atoms with Crippen molar-refractivity contribution in [3.63, 3.8) is 0 Å². The monoisotopic (exact) mass is 311 g/mol. The van der Waals surface area contributed by atoms with E-state index >= 15 is 0 Å². The Labute approximate surface area is 133 Å². The van der Waals surface area contributed by atoms with Crippen LogP contribution in [-0.2, 0) is 17.8 Å². The van der Waals surface area contributed by atoms with Gasteiger partial charge in [0.1, 0.15) is 11.5 Å². The van der Waals surface area contributed by atoms with Crippen molar-refractivity contribution in [3.8, 4) is 10.6 Å². The third kappa shape index (κ3) is 3.65. The Bertz CT molecular complexity index is 759. The van der Waals surface area contributed by atoms with Crippen LogP contribution in [0, 0.1) is 6.92 Å². The lowest BCUT2D eigenvalue weighted by atomic mass is 10.1. The second-order valence-corrected chi connectivity index (χ2v) is 6.13. The summed E-state index contributed by atoms with van der Waals surface area (Å²) < 4.78 is 5.74. The number of amides is 1. The molecule has 0 saturated carbocycles. The lowest BCUT2D eigenvalue weighted by Gasteiger charge is -2.04. The van der Waals surface area contributed by atoms with Gasteiger partial charge in [0.15, 0.2) is 0 Å². The molecule has 1 N–H and O–H groups in total. The highest BCUT2D eigenvalue weighted by Crippen LogP contribution is 2.26. The maximum absolute atomic E-state index is 12.0. The number of rotatable bonds is 5. The Balaban J connectivity index is 1.55. The van der Waals surface area contributed by atoms with E-state index in [-0.39, 0.29) is 5.91 Å². The Kier molecular flexibility index (Phi) is 4.39. The first kappa shape index (κ1) is 14.6. The molecule has 2 aromatic heterocycles. The number of nitrogens with one attached hydrogen (secondary N) is 1. The summed E-state index contributed by atoms with van der Waals surface area (Å²) in [4.78, 5) is 13.1. The van der Waals surface area contributed by atoms with E-state index in [9.17, 15) is 4.79 Å². The molecule has 0 fully saturated rings. The van der Waals surface area contributed by atoms with Gasteiger partial charge < -0.3 is 9.73 Å². The van der Waals surface area contributed by atoms with Crippen molar-refractivity contribution in [3.05, 3.63) is 70.8 Å². The van der Waals surface area contributed by atoms with Gasteiger partial charge in [0, 0.05) is 0 Å². The Hall–Kier alpha value is -2.33. The average molecular weight is 311 g/mol. The fourth-order valence-corrected chi connectivity index (χ4v) is 2.97.